The van der Waals surface area contributed by atoms with Gasteiger partial charge in [-0.3, -0.25) is 9.59 Å². The number of fused-ring (bicyclic) bond motifs is 1. The summed E-state index contributed by atoms with van der Waals surface area (Å²) in [4.78, 5) is 29.9. The highest BCUT2D eigenvalue weighted by molar-refractivity contribution is 6.31. The Balaban J connectivity index is 1.68. The van der Waals surface area contributed by atoms with Crippen molar-refractivity contribution in [3.05, 3.63) is 69.6 Å². The van der Waals surface area contributed by atoms with Crippen molar-refractivity contribution in [2.75, 3.05) is 23.3 Å². The van der Waals surface area contributed by atoms with Crippen LogP contribution in [0.2, 0.25) is 5.02 Å². The standard InChI is InChI=1S/C20H18ClN3O2/c21-14-7-8-18(24-9-3-4-10-24)16(12-14)22-20(26)17-11-13-5-1-2-6-15(13)19(25)23-17/h1-2,5-8,11-12H,3-4,9-10H2,(H,22,26)(H,23,25). The monoisotopic (exact) mass is 367 g/mol. The van der Waals surface area contributed by atoms with E-state index in [-0.39, 0.29) is 17.2 Å². The highest BCUT2D eigenvalue weighted by Crippen LogP contribution is 2.31. The number of amides is 1. The van der Waals surface area contributed by atoms with Crippen LogP contribution in [0.25, 0.3) is 10.8 Å². The van der Waals surface area contributed by atoms with Gasteiger partial charge in [-0.2, -0.15) is 0 Å². The van der Waals surface area contributed by atoms with E-state index >= 15 is 0 Å². The lowest BCUT2D eigenvalue weighted by Gasteiger charge is -2.21. The largest absolute Gasteiger partial charge is 0.370 e. The second-order valence-electron chi connectivity index (χ2n) is 6.41. The van der Waals surface area contributed by atoms with Crippen molar-refractivity contribution in [2.24, 2.45) is 0 Å². The predicted molar refractivity (Wildman–Crippen MR) is 105 cm³/mol. The summed E-state index contributed by atoms with van der Waals surface area (Å²) < 4.78 is 0. The molecule has 3 aromatic rings. The van der Waals surface area contributed by atoms with Crippen LogP contribution in [0.3, 0.4) is 0 Å². The van der Waals surface area contributed by atoms with Crippen LogP contribution in [0.15, 0.2) is 53.3 Å². The Bertz CT molecular complexity index is 1040. The number of halogens is 1. The van der Waals surface area contributed by atoms with E-state index in [1.165, 1.54) is 0 Å². The van der Waals surface area contributed by atoms with E-state index in [0.717, 1.165) is 37.0 Å². The summed E-state index contributed by atoms with van der Waals surface area (Å²) in [6, 6.07) is 14.4. The number of anilines is 2. The van der Waals surface area contributed by atoms with Crippen molar-refractivity contribution >= 4 is 39.7 Å². The lowest BCUT2D eigenvalue weighted by atomic mass is 10.1. The summed E-state index contributed by atoms with van der Waals surface area (Å²) in [6.07, 6.45) is 2.27. The molecule has 6 heteroatoms. The number of pyridine rings is 1. The Morgan fingerprint density at radius 2 is 1.85 bits per heavy atom. The topological polar surface area (TPSA) is 65.2 Å². The van der Waals surface area contributed by atoms with Gasteiger partial charge in [0, 0.05) is 23.5 Å². The summed E-state index contributed by atoms with van der Waals surface area (Å²) in [5, 5.41) is 4.74. The molecule has 0 spiro atoms. The molecule has 0 bridgehead atoms. The third-order valence-electron chi connectivity index (χ3n) is 4.65. The molecule has 2 heterocycles. The summed E-state index contributed by atoms with van der Waals surface area (Å²) in [7, 11) is 0. The molecular weight excluding hydrogens is 350 g/mol. The Morgan fingerprint density at radius 3 is 2.65 bits per heavy atom. The molecule has 4 rings (SSSR count). The maximum atomic E-state index is 12.7. The van der Waals surface area contributed by atoms with Gasteiger partial charge in [-0.15, -0.1) is 0 Å². The number of carbonyl (C=O) groups excluding carboxylic acids is 1. The van der Waals surface area contributed by atoms with Crippen molar-refractivity contribution in [2.45, 2.75) is 12.8 Å². The molecule has 1 amide bonds. The van der Waals surface area contributed by atoms with Gasteiger partial charge in [0.2, 0.25) is 0 Å². The molecular formula is C20H18ClN3O2. The van der Waals surface area contributed by atoms with Gasteiger partial charge in [-0.1, -0.05) is 29.8 Å². The van der Waals surface area contributed by atoms with E-state index in [1.54, 1.807) is 24.3 Å². The molecule has 1 aromatic heterocycles. The van der Waals surface area contributed by atoms with E-state index in [1.807, 2.05) is 24.3 Å². The van der Waals surface area contributed by atoms with Crippen molar-refractivity contribution in [3.8, 4) is 0 Å². The normalized spacial score (nSPS) is 14.0. The fraction of sp³-hybridized carbons (Fsp3) is 0.200. The van der Waals surface area contributed by atoms with Gasteiger partial charge >= 0.3 is 0 Å². The quantitative estimate of drug-likeness (QED) is 0.734. The molecule has 26 heavy (non-hydrogen) atoms. The lowest BCUT2D eigenvalue weighted by molar-refractivity contribution is 0.102. The zero-order chi connectivity index (χ0) is 18.1. The molecule has 0 aliphatic carbocycles. The first-order valence-corrected chi connectivity index (χ1v) is 8.97. The molecule has 1 aliphatic rings. The van der Waals surface area contributed by atoms with Crippen molar-refractivity contribution in [3.63, 3.8) is 0 Å². The van der Waals surface area contributed by atoms with E-state index in [0.29, 0.717) is 16.1 Å². The van der Waals surface area contributed by atoms with Gasteiger partial charge in [0.15, 0.2) is 0 Å². The molecule has 1 saturated heterocycles. The van der Waals surface area contributed by atoms with E-state index in [4.69, 9.17) is 11.6 Å². The Labute approximate surface area is 155 Å². The number of benzene rings is 2. The second kappa shape index (κ2) is 6.84. The predicted octanol–water partition coefficient (Wildman–Crippen LogP) is 4.03. The molecule has 0 atom stereocenters. The van der Waals surface area contributed by atoms with Crippen LogP contribution in [0.1, 0.15) is 23.3 Å². The summed E-state index contributed by atoms with van der Waals surface area (Å²) in [5.74, 6) is -0.365. The first kappa shape index (κ1) is 16.7. The van der Waals surface area contributed by atoms with Gasteiger partial charge in [-0.05, 0) is 48.6 Å². The molecule has 2 N–H and O–H groups in total. The molecule has 132 valence electrons. The van der Waals surface area contributed by atoms with Crippen LogP contribution >= 0.6 is 11.6 Å². The van der Waals surface area contributed by atoms with Crippen molar-refractivity contribution < 1.29 is 4.79 Å². The second-order valence-corrected chi connectivity index (χ2v) is 6.85. The third kappa shape index (κ3) is 3.18. The number of hydrogen-bond donors (Lipinski definition) is 2. The van der Waals surface area contributed by atoms with E-state index < -0.39 is 0 Å². The zero-order valence-electron chi connectivity index (χ0n) is 14.1. The minimum atomic E-state index is -0.365. The van der Waals surface area contributed by atoms with Crippen LogP contribution < -0.4 is 15.8 Å². The van der Waals surface area contributed by atoms with Crippen LogP contribution in [-0.2, 0) is 0 Å². The molecule has 0 saturated carbocycles. The first-order chi connectivity index (χ1) is 12.6. The summed E-state index contributed by atoms with van der Waals surface area (Å²) >= 11 is 6.13. The first-order valence-electron chi connectivity index (χ1n) is 8.60. The molecule has 5 nitrogen and oxygen atoms in total. The zero-order valence-corrected chi connectivity index (χ0v) is 14.8. The number of H-pyrrole nitrogens is 1. The Kier molecular flexibility index (Phi) is 4.39. The van der Waals surface area contributed by atoms with Gasteiger partial charge in [0.05, 0.1) is 11.4 Å². The van der Waals surface area contributed by atoms with Crippen LogP contribution in [0.5, 0.6) is 0 Å². The molecule has 0 unspecified atom stereocenters. The number of aromatic nitrogens is 1. The Morgan fingerprint density at radius 1 is 1.08 bits per heavy atom. The molecule has 1 fully saturated rings. The summed E-state index contributed by atoms with van der Waals surface area (Å²) in [6.45, 7) is 1.91. The number of nitrogens with one attached hydrogen (secondary N) is 2. The highest BCUT2D eigenvalue weighted by atomic mass is 35.5. The lowest BCUT2D eigenvalue weighted by Crippen LogP contribution is -2.22. The minimum Gasteiger partial charge on any atom is -0.370 e. The minimum absolute atomic E-state index is 0.223. The van der Waals surface area contributed by atoms with E-state index in [9.17, 15) is 9.59 Å². The average Bonchev–Trinajstić information content (AvgIpc) is 3.16. The summed E-state index contributed by atoms with van der Waals surface area (Å²) in [5.41, 5.74) is 1.54. The number of aromatic amines is 1. The van der Waals surface area contributed by atoms with Crippen molar-refractivity contribution in [1.29, 1.82) is 0 Å². The maximum absolute atomic E-state index is 12.7. The van der Waals surface area contributed by atoms with Gasteiger partial charge in [0.25, 0.3) is 11.5 Å². The fourth-order valence-corrected chi connectivity index (χ4v) is 3.54. The van der Waals surface area contributed by atoms with Gasteiger partial charge in [0.1, 0.15) is 5.69 Å². The SMILES string of the molecule is O=C(Nc1cc(Cl)ccc1N1CCCC1)c1cc2ccccc2c(=O)[nH]1. The number of rotatable bonds is 3. The highest BCUT2D eigenvalue weighted by Gasteiger charge is 2.18. The number of carbonyl (C=O) groups is 1. The van der Waals surface area contributed by atoms with Gasteiger partial charge in [-0.25, -0.2) is 0 Å². The number of nitrogens with zero attached hydrogens (tertiary/aromatic N) is 1. The van der Waals surface area contributed by atoms with Gasteiger partial charge < -0.3 is 15.2 Å². The van der Waals surface area contributed by atoms with Crippen LogP contribution in [-0.4, -0.2) is 24.0 Å². The smallest absolute Gasteiger partial charge is 0.272 e. The molecule has 1 aliphatic heterocycles. The average molecular weight is 368 g/mol. The Hall–Kier alpha value is -2.79. The fourth-order valence-electron chi connectivity index (χ4n) is 3.37. The third-order valence-corrected chi connectivity index (χ3v) is 4.89. The van der Waals surface area contributed by atoms with Crippen molar-refractivity contribution in [1.82, 2.24) is 4.98 Å². The molecule has 0 radical (unpaired) electrons. The molecule has 2 aromatic carbocycles. The maximum Gasteiger partial charge on any atom is 0.272 e. The van der Waals surface area contributed by atoms with Crippen LogP contribution in [0.4, 0.5) is 11.4 Å². The number of hydrogen-bond acceptors (Lipinski definition) is 3. The van der Waals surface area contributed by atoms with E-state index in [2.05, 4.69) is 15.2 Å². The van der Waals surface area contributed by atoms with Crippen LogP contribution in [0, 0.1) is 0 Å².